The molecule has 0 aromatic heterocycles. The van der Waals surface area contributed by atoms with Crippen LogP contribution in [0.3, 0.4) is 0 Å². The van der Waals surface area contributed by atoms with E-state index in [1.807, 2.05) is 50.2 Å². The van der Waals surface area contributed by atoms with E-state index in [1.54, 1.807) is 6.07 Å². The number of rotatable bonds is 7. The van der Waals surface area contributed by atoms with Crippen LogP contribution >= 0.6 is 0 Å². The Hall–Kier alpha value is -3.35. The van der Waals surface area contributed by atoms with Gasteiger partial charge in [0.15, 0.2) is 6.61 Å². The molecule has 166 valence electrons. The van der Waals surface area contributed by atoms with Crippen LogP contribution < -0.4 is 20.9 Å². The van der Waals surface area contributed by atoms with Crippen molar-refractivity contribution in [3.63, 3.8) is 0 Å². The molecule has 0 saturated carbocycles. The molecule has 2 rings (SSSR count). The van der Waals surface area contributed by atoms with Gasteiger partial charge in [-0.05, 0) is 42.5 Å². The molecule has 3 amide bonds. The molecule has 3 N–H and O–H groups in total. The minimum absolute atomic E-state index is 0.00444. The summed E-state index contributed by atoms with van der Waals surface area (Å²) in [5.74, 6) is -0.592. The van der Waals surface area contributed by atoms with Crippen LogP contribution in [-0.4, -0.2) is 24.3 Å². The predicted molar refractivity (Wildman–Crippen MR) is 121 cm³/mol. The van der Waals surface area contributed by atoms with Crippen molar-refractivity contribution in [2.45, 2.75) is 52.9 Å². The molecular weight excluding hydrogens is 394 g/mol. The number of hydrazine groups is 1. The van der Waals surface area contributed by atoms with Crippen LogP contribution in [0, 0.1) is 13.8 Å². The van der Waals surface area contributed by atoms with E-state index in [0.717, 1.165) is 22.4 Å². The van der Waals surface area contributed by atoms with Crippen molar-refractivity contribution in [1.29, 1.82) is 0 Å². The molecule has 0 heterocycles. The molecule has 2 aromatic carbocycles. The van der Waals surface area contributed by atoms with Crippen LogP contribution in [-0.2, 0) is 19.8 Å². The first-order valence-corrected chi connectivity index (χ1v) is 10.2. The second kappa shape index (κ2) is 10.6. The molecule has 31 heavy (non-hydrogen) atoms. The van der Waals surface area contributed by atoms with Crippen molar-refractivity contribution in [2.24, 2.45) is 0 Å². The zero-order chi connectivity index (χ0) is 23.0. The summed E-state index contributed by atoms with van der Waals surface area (Å²) in [5.41, 5.74) is 8.25. The Morgan fingerprint density at radius 1 is 0.871 bits per heavy atom. The fourth-order valence-corrected chi connectivity index (χ4v) is 2.99. The van der Waals surface area contributed by atoms with E-state index in [1.165, 1.54) is 0 Å². The molecule has 0 bridgehead atoms. The Balaban J connectivity index is 1.73. The van der Waals surface area contributed by atoms with Crippen molar-refractivity contribution in [3.05, 3.63) is 59.2 Å². The molecule has 0 aliphatic rings. The van der Waals surface area contributed by atoms with Gasteiger partial charge in [0.1, 0.15) is 5.75 Å². The molecule has 0 aliphatic carbocycles. The number of amides is 3. The Morgan fingerprint density at radius 3 is 2.19 bits per heavy atom. The number of hydrogen-bond donors (Lipinski definition) is 3. The van der Waals surface area contributed by atoms with Gasteiger partial charge in [0.05, 0.1) is 0 Å². The summed E-state index contributed by atoms with van der Waals surface area (Å²) in [5, 5.41) is 2.79. The van der Waals surface area contributed by atoms with Gasteiger partial charge in [0.2, 0.25) is 11.8 Å². The lowest BCUT2D eigenvalue weighted by Gasteiger charge is -2.22. The van der Waals surface area contributed by atoms with E-state index in [2.05, 4.69) is 36.9 Å². The lowest BCUT2D eigenvalue weighted by Crippen LogP contribution is -2.44. The smallest absolute Gasteiger partial charge is 0.276 e. The molecule has 0 spiro atoms. The maximum atomic E-state index is 12.1. The average Bonchev–Trinajstić information content (AvgIpc) is 2.70. The lowest BCUT2D eigenvalue weighted by molar-refractivity contribution is -0.130. The third-order valence-corrected chi connectivity index (χ3v) is 4.63. The van der Waals surface area contributed by atoms with Crippen molar-refractivity contribution in [3.8, 4) is 5.75 Å². The van der Waals surface area contributed by atoms with Gasteiger partial charge >= 0.3 is 0 Å². The fourth-order valence-electron chi connectivity index (χ4n) is 2.99. The molecular formula is C24H31N3O4. The summed E-state index contributed by atoms with van der Waals surface area (Å²) in [6.07, 6.45) is -0.0464. The van der Waals surface area contributed by atoms with E-state index in [4.69, 9.17) is 4.74 Å². The molecule has 0 saturated heterocycles. The summed E-state index contributed by atoms with van der Waals surface area (Å²) in [6, 6.07) is 13.2. The highest BCUT2D eigenvalue weighted by Crippen LogP contribution is 2.30. The Bertz CT molecular complexity index is 948. The monoisotopic (exact) mass is 425 g/mol. The van der Waals surface area contributed by atoms with Gasteiger partial charge in [-0.15, -0.1) is 0 Å². The van der Waals surface area contributed by atoms with Gasteiger partial charge in [0, 0.05) is 18.5 Å². The molecule has 0 unspecified atom stereocenters. The third kappa shape index (κ3) is 7.77. The van der Waals surface area contributed by atoms with Crippen LogP contribution in [0.15, 0.2) is 42.5 Å². The van der Waals surface area contributed by atoms with Gasteiger partial charge in [-0.25, -0.2) is 0 Å². The topological polar surface area (TPSA) is 96.5 Å². The highest BCUT2D eigenvalue weighted by molar-refractivity contribution is 5.94. The van der Waals surface area contributed by atoms with E-state index < -0.39 is 11.8 Å². The molecule has 7 nitrogen and oxygen atoms in total. The Morgan fingerprint density at radius 2 is 1.52 bits per heavy atom. The number of hydrogen-bond acceptors (Lipinski definition) is 4. The van der Waals surface area contributed by atoms with Gasteiger partial charge in [-0.2, -0.15) is 0 Å². The van der Waals surface area contributed by atoms with Crippen LogP contribution in [0.2, 0.25) is 0 Å². The largest absolute Gasteiger partial charge is 0.483 e. The first-order valence-electron chi connectivity index (χ1n) is 10.2. The number of aryl methyl sites for hydroxylation is 2. The molecule has 2 aromatic rings. The summed E-state index contributed by atoms with van der Waals surface area (Å²) in [7, 11) is 0. The standard InChI is InChI=1S/C24H31N3O4/c1-16-10-11-19(17(2)14-16)25-21(28)12-13-22(29)26-27-23(30)15-31-20-9-7-6-8-18(20)24(3,4)5/h6-11,14H,12-13,15H2,1-5H3,(H,25,28)(H,26,29)(H,27,30). The maximum absolute atomic E-state index is 12.1. The number of para-hydroxylation sites is 1. The fraction of sp³-hybridized carbons (Fsp3) is 0.375. The number of ether oxygens (including phenoxy) is 1. The molecule has 7 heteroatoms. The number of carbonyl (C=O) groups excluding carboxylic acids is 3. The average molecular weight is 426 g/mol. The highest BCUT2D eigenvalue weighted by Gasteiger charge is 2.19. The third-order valence-electron chi connectivity index (χ3n) is 4.63. The van der Waals surface area contributed by atoms with E-state index in [0.29, 0.717) is 5.75 Å². The Kier molecular flexibility index (Phi) is 8.19. The second-order valence-electron chi connectivity index (χ2n) is 8.50. The van der Waals surface area contributed by atoms with Crippen molar-refractivity contribution in [2.75, 3.05) is 11.9 Å². The zero-order valence-corrected chi connectivity index (χ0v) is 18.8. The normalized spacial score (nSPS) is 10.9. The van der Waals surface area contributed by atoms with Gasteiger partial charge in [-0.3, -0.25) is 25.2 Å². The molecule has 0 aliphatic heterocycles. The number of anilines is 1. The van der Waals surface area contributed by atoms with E-state index in [-0.39, 0.29) is 30.8 Å². The highest BCUT2D eigenvalue weighted by atomic mass is 16.5. The maximum Gasteiger partial charge on any atom is 0.276 e. The first-order chi connectivity index (χ1) is 14.6. The molecule has 0 atom stereocenters. The number of nitrogens with one attached hydrogen (secondary N) is 3. The second-order valence-corrected chi connectivity index (χ2v) is 8.50. The summed E-state index contributed by atoms with van der Waals surface area (Å²) >= 11 is 0. The molecule has 0 fully saturated rings. The minimum Gasteiger partial charge on any atom is -0.483 e. The number of carbonyl (C=O) groups is 3. The van der Waals surface area contributed by atoms with Gasteiger partial charge in [-0.1, -0.05) is 56.7 Å². The van der Waals surface area contributed by atoms with Gasteiger partial charge in [0.25, 0.3) is 5.91 Å². The number of benzene rings is 2. The van der Waals surface area contributed by atoms with Crippen LogP contribution in [0.1, 0.15) is 50.3 Å². The quantitative estimate of drug-likeness (QED) is 0.591. The van der Waals surface area contributed by atoms with Crippen molar-refractivity contribution >= 4 is 23.4 Å². The minimum atomic E-state index is -0.489. The summed E-state index contributed by atoms with van der Waals surface area (Å²) < 4.78 is 5.61. The summed E-state index contributed by atoms with van der Waals surface area (Å²) in [4.78, 5) is 36.0. The van der Waals surface area contributed by atoms with E-state index >= 15 is 0 Å². The van der Waals surface area contributed by atoms with Gasteiger partial charge < -0.3 is 10.1 Å². The predicted octanol–water partition coefficient (Wildman–Crippen LogP) is 3.55. The first kappa shape index (κ1) is 23.9. The van der Waals surface area contributed by atoms with Crippen molar-refractivity contribution in [1.82, 2.24) is 10.9 Å². The van der Waals surface area contributed by atoms with Crippen molar-refractivity contribution < 1.29 is 19.1 Å². The summed E-state index contributed by atoms with van der Waals surface area (Å²) in [6.45, 7) is 9.84. The van der Waals surface area contributed by atoms with Crippen LogP contribution in [0.5, 0.6) is 5.75 Å². The SMILES string of the molecule is Cc1ccc(NC(=O)CCC(=O)NNC(=O)COc2ccccc2C(C)(C)C)c(C)c1. The lowest BCUT2D eigenvalue weighted by atomic mass is 9.86. The van der Waals surface area contributed by atoms with Crippen LogP contribution in [0.25, 0.3) is 0 Å². The molecule has 0 radical (unpaired) electrons. The Labute approximate surface area is 183 Å². The van der Waals surface area contributed by atoms with Crippen LogP contribution in [0.4, 0.5) is 5.69 Å². The zero-order valence-electron chi connectivity index (χ0n) is 18.8. The van der Waals surface area contributed by atoms with E-state index in [9.17, 15) is 14.4 Å².